The van der Waals surface area contributed by atoms with E-state index in [0.29, 0.717) is 5.56 Å². The number of hydrogen-bond donors (Lipinski definition) is 1. The van der Waals surface area contributed by atoms with E-state index in [9.17, 15) is 18.8 Å². The van der Waals surface area contributed by atoms with Crippen molar-refractivity contribution in [2.75, 3.05) is 6.61 Å². The molecular formula is C17H17FN2O6. The average molecular weight is 364 g/mol. The molecular weight excluding hydrogens is 347 g/mol. The van der Waals surface area contributed by atoms with Gasteiger partial charge in [-0.2, -0.15) is 0 Å². The van der Waals surface area contributed by atoms with Crippen LogP contribution in [0, 0.1) is 6.92 Å². The summed E-state index contributed by atoms with van der Waals surface area (Å²) in [7, 11) is 0. The first-order valence-electron chi connectivity index (χ1n) is 7.95. The highest BCUT2D eigenvalue weighted by Gasteiger charge is 2.38. The molecule has 1 aliphatic rings. The van der Waals surface area contributed by atoms with E-state index in [-0.39, 0.29) is 18.6 Å². The van der Waals surface area contributed by atoms with Crippen molar-refractivity contribution in [3.05, 3.63) is 68.5 Å². The summed E-state index contributed by atoms with van der Waals surface area (Å²) in [4.78, 5) is 42.2. The minimum Gasteiger partial charge on any atom is -0.459 e. The van der Waals surface area contributed by atoms with Crippen LogP contribution < -0.4 is 16.1 Å². The number of alkyl halides is 1. The summed E-state index contributed by atoms with van der Waals surface area (Å²) in [5.41, 5.74) is -0.716. The van der Waals surface area contributed by atoms with Gasteiger partial charge in [-0.15, -0.1) is 4.73 Å². The van der Waals surface area contributed by atoms with Gasteiger partial charge in [-0.1, -0.05) is 18.2 Å². The van der Waals surface area contributed by atoms with E-state index in [2.05, 4.69) is 4.98 Å². The number of carbonyl (C=O) groups is 1. The predicted octanol–water partition coefficient (Wildman–Crippen LogP) is 0.584. The van der Waals surface area contributed by atoms with Crippen LogP contribution in [0.25, 0.3) is 0 Å². The van der Waals surface area contributed by atoms with Crippen LogP contribution in [0.3, 0.4) is 0 Å². The van der Waals surface area contributed by atoms with E-state index >= 15 is 0 Å². The smallest absolute Gasteiger partial charge is 0.361 e. The molecule has 8 nitrogen and oxygen atoms in total. The fraction of sp³-hybridized carbons (Fsp3) is 0.353. The summed E-state index contributed by atoms with van der Waals surface area (Å²) in [5, 5.41) is 0. The number of benzene rings is 1. The molecule has 0 bridgehead atoms. The predicted molar refractivity (Wildman–Crippen MR) is 87.5 cm³/mol. The zero-order valence-electron chi connectivity index (χ0n) is 13.9. The zero-order valence-corrected chi connectivity index (χ0v) is 13.9. The maximum Gasteiger partial charge on any atom is 0.361 e. The highest BCUT2D eigenvalue weighted by molar-refractivity contribution is 5.89. The Morgan fingerprint density at radius 2 is 2.08 bits per heavy atom. The number of aromatic nitrogens is 2. The Bertz CT molecular complexity index is 894. The number of rotatable bonds is 5. The summed E-state index contributed by atoms with van der Waals surface area (Å²) >= 11 is 0. The SMILES string of the molecule is Cc1cn(O[C@H]2C[C@@H](F)[C@@H](COC(=O)c3ccccc3)O2)c(=O)[nH]c1=O. The Morgan fingerprint density at radius 3 is 2.81 bits per heavy atom. The second kappa shape index (κ2) is 7.52. The maximum absolute atomic E-state index is 14.1. The Kier molecular flexibility index (Phi) is 5.17. The molecule has 1 aromatic carbocycles. The monoisotopic (exact) mass is 364 g/mol. The molecule has 1 saturated heterocycles. The second-order valence-corrected chi connectivity index (χ2v) is 5.82. The lowest BCUT2D eigenvalue weighted by molar-refractivity contribution is -0.148. The molecule has 0 radical (unpaired) electrons. The van der Waals surface area contributed by atoms with Crippen LogP contribution in [0.1, 0.15) is 22.3 Å². The molecule has 3 rings (SSSR count). The van der Waals surface area contributed by atoms with Crippen LogP contribution in [-0.4, -0.2) is 40.9 Å². The van der Waals surface area contributed by atoms with Crippen LogP contribution in [0.2, 0.25) is 0 Å². The van der Waals surface area contributed by atoms with Crippen LogP contribution in [-0.2, 0) is 9.47 Å². The first-order valence-corrected chi connectivity index (χ1v) is 7.95. The largest absolute Gasteiger partial charge is 0.459 e. The number of halogens is 1. The van der Waals surface area contributed by atoms with Crippen molar-refractivity contribution in [3.8, 4) is 0 Å². The van der Waals surface area contributed by atoms with E-state index in [1.165, 1.54) is 13.1 Å². The molecule has 1 aromatic heterocycles. The minimum absolute atomic E-state index is 0.141. The molecule has 1 N–H and O–H groups in total. The molecule has 0 unspecified atom stereocenters. The van der Waals surface area contributed by atoms with E-state index < -0.39 is 35.8 Å². The number of aryl methyl sites for hydroxylation is 1. The third-order valence-corrected chi connectivity index (χ3v) is 3.86. The highest BCUT2D eigenvalue weighted by Crippen LogP contribution is 2.23. The molecule has 138 valence electrons. The topological polar surface area (TPSA) is 99.6 Å². The molecule has 0 saturated carbocycles. The zero-order chi connectivity index (χ0) is 18.7. The van der Waals surface area contributed by atoms with Gasteiger partial charge in [0.1, 0.15) is 18.9 Å². The van der Waals surface area contributed by atoms with Crippen molar-refractivity contribution >= 4 is 5.97 Å². The number of ether oxygens (including phenoxy) is 2. The molecule has 9 heteroatoms. The van der Waals surface area contributed by atoms with Gasteiger partial charge >= 0.3 is 11.7 Å². The first kappa shape index (κ1) is 17.9. The Morgan fingerprint density at radius 1 is 1.35 bits per heavy atom. The molecule has 0 aliphatic carbocycles. The van der Waals surface area contributed by atoms with E-state index in [1.807, 2.05) is 0 Å². The summed E-state index contributed by atoms with van der Waals surface area (Å²) in [5.74, 6) is -0.585. The number of esters is 1. The number of carbonyl (C=O) groups excluding carboxylic acids is 1. The summed E-state index contributed by atoms with van der Waals surface area (Å²) in [6, 6.07) is 8.31. The van der Waals surface area contributed by atoms with E-state index in [0.717, 1.165) is 4.73 Å². The van der Waals surface area contributed by atoms with Crippen molar-refractivity contribution < 1.29 is 23.5 Å². The standard InChI is InChI=1S/C17H17FN2O6/c1-10-8-20(17(23)19-15(10)21)26-14-7-12(18)13(25-14)9-24-16(22)11-5-3-2-4-6-11/h2-6,8,12-14H,7,9H2,1H3,(H,19,21,23)/t12-,13-,14+/m1/s1. The summed E-state index contributed by atoms with van der Waals surface area (Å²) in [6.45, 7) is 1.21. The van der Waals surface area contributed by atoms with Gasteiger partial charge in [0.15, 0.2) is 0 Å². The molecule has 2 aromatic rings. The molecule has 3 atom stereocenters. The number of hydrogen-bond acceptors (Lipinski definition) is 6. The third-order valence-electron chi connectivity index (χ3n) is 3.86. The first-order chi connectivity index (χ1) is 12.4. The van der Waals surface area contributed by atoms with Gasteiger partial charge in [0, 0.05) is 12.0 Å². The van der Waals surface area contributed by atoms with Crippen LogP contribution in [0.4, 0.5) is 4.39 Å². The van der Waals surface area contributed by atoms with Crippen molar-refractivity contribution in [1.29, 1.82) is 0 Å². The fourth-order valence-corrected chi connectivity index (χ4v) is 2.45. The summed E-state index contributed by atoms with van der Waals surface area (Å²) in [6.07, 6.45) is -2.43. The molecule has 1 aliphatic heterocycles. The fourth-order valence-electron chi connectivity index (χ4n) is 2.45. The van der Waals surface area contributed by atoms with Gasteiger partial charge in [0.05, 0.1) is 11.8 Å². The van der Waals surface area contributed by atoms with E-state index in [1.54, 1.807) is 30.3 Å². The minimum atomic E-state index is -1.43. The quantitative estimate of drug-likeness (QED) is 0.780. The third kappa shape index (κ3) is 3.99. The van der Waals surface area contributed by atoms with Gasteiger partial charge in [-0.05, 0) is 19.1 Å². The van der Waals surface area contributed by atoms with Gasteiger partial charge in [0.25, 0.3) is 5.56 Å². The van der Waals surface area contributed by atoms with Crippen LogP contribution in [0.15, 0.2) is 46.1 Å². The molecule has 0 spiro atoms. The van der Waals surface area contributed by atoms with Gasteiger partial charge in [-0.25, -0.2) is 14.0 Å². The maximum atomic E-state index is 14.1. The Balaban J connectivity index is 1.58. The number of H-pyrrole nitrogens is 1. The highest BCUT2D eigenvalue weighted by atomic mass is 19.1. The lowest BCUT2D eigenvalue weighted by Crippen LogP contribution is -2.38. The Labute approximate surface area is 147 Å². The molecule has 1 fully saturated rings. The molecule has 26 heavy (non-hydrogen) atoms. The van der Waals surface area contributed by atoms with Crippen LogP contribution >= 0.6 is 0 Å². The molecule has 2 heterocycles. The van der Waals surface area contributed by atoms with Crippen molar-refractivity contribution in [1.82, 2.24) is 9.71 Å². The number of nitrogens with zero attached hydrogens (tertiary/aromatic N) is 1. The number of aromatic amines is 1. The van der Waals surface area contributed by atoms with Gasteiger partial charge in [0.2, 0.25) is 6.29 Å². The van der Waals surface area contributed by atoms with E-state index in [4.69, 9.17) is 14.3 Å². The van der Waals surface area contributed by atoms with Crippen molar-refractivity contribution in [2.45, 2.75) is 31.9 Å². The number of nitrogens with one attached hydrogen (secondary N) is 1. The lowest BCUT2D eigenvalue weighted by atomic mass is 10.2. The van der Waals surface area contributed by atoms with Crippen molar-refractivity contribution in [3.63, 3.8) is 0 Å². The van der Waals surface area contributed by atoms with Gasteiger partial charge < -0.3 is 14.3 Å². The average Bonchev–Trinajstić information content (AvgIpc) is 2.97. The Hall–Kier alpha value is -2.94. The van der Waals surface area contributed by atoms with Crippen molar-refractivity contribution in [2.24, 2.45) is 0 Å². The van der Waals surface area contributed by atoms with Gasteiger partial charge in [-0.3, -0.25) is 9.78 Å². The van der Waals surface area contributed by atoms with Crippen LogP contribution in [0.5, 0.6) is 0 Å². The second-order valence-electron chi connectivity index (χ2n) is 5.82. The molecule has 0 amide bonds. The normalized spacial score (nSPS) is 22.2. The summed E-state index contributed by atoms with van der Waals surface area (Å²) < 4.78 is 25.3. The lowest BCUT2D eigenvalue weighted by Gasteiger charge is -2.16.